The van der Waals surface area contributed by atoms with Crippen molar-refractivity contribution < 1.29 is 28.7 Å². The molecule has 0 saturated heterocycles. The standard InChI is InChI=1S/C25H22BrN3O7/c1-34-19-10-4-15(5-11-19)24(30)28-20(25(31)27-18-8-6-17(26)7-9-18)12-16-13-22(35-2)23(36-3)14-21(16)29(32)33/h4-14H,1-3H3,(H,27,31)(H,28,30)/b20-12+. The first-order valence-corrected chi connectivity index (χ1v) is 11.2. The van der Waals surface area contributed by atoms with E-state index in [1.54, 1.807) is 36.4 Å². The third-order valence-corrected chi connectivity index (χ3v) is 5.51. The third-order valence-electron chi connectivity index (χ3n) is 4.98. The maximum Gasteiger partial charge on any atom is 0.280 e. The van der Waals surface area contributed by atoms with Crippen molar-refractivity contribution in [3.05, 3.63) is 92.1 Å². The number of nitrogens with one attached hydrogen (secondary N) is 2. The second kappa shape index (κ2) is 11.8. The van der Waals surface area contributed by atoms with Crippen LogP contribution in [0.3, 0.4) is 0 Å². The molecule has 0 atom stereocenters. The number of nitro groups is 1. The van der Waals surface area contributed by atoms with Crippen molar-refractivity contribution in [3.8, 4) is 17.2 Å². The summed E-state index contributed by atoms with van der Waals surface area (Å²) in [5.74, 6) is -0.384. The van der Waals surface area contributed by atoms with Crippen molar-refractivity contribution in [2.24, 2.45) is 0 Å². The molecule has 10 nitrogen and oxygen atoms in total. The molecule has 3 aromatic rings. The van der Waals surface area contributed by atoms with E-state index < -0.39 is 16.7 Å². The first-order valence-electron chi connectivity index (χ1n) is 10.4. The first kappa shape index (κ1) is 26.2. The van der Waals surface area contributed by atoms with Gasteiger partial charge in [-0.25, -0.2) is 0 Å². The molecule has 0 aliphatic rings. The molecular weight excluding hydrogens is 534 g/mol. The van der Waals surface area contributed by atoms with Gasteiger partial charge in [0.1, 0.15) is 11.4 Å². The summed E-state index contributed by atoms with van der Waals surface area (Å²) in [4.78, 5) is 37.2. The summed E-state index contributed by atoms with van der Waals surface area (Å²) in [6.45, 7) is 0. The minimum Gasteiger partial charge on any atom is -0.497 e. The van der Waals surface area contributed by atoms with E-state index in [9.17, 15) is 19.7 Å². The number of rotatable bonds is 9. The monoisotopic (exact) mass is 555 g/mol. The van der Waals surface area contributed by atoms with Crippen LogP contribution in [0.2, 0.25) is 0 Å². The molecule has 186 valence electrons. The quantitative estimate of drug-likeness (QED) is 0.220. The van der Waals surface area contributed by atoms with Crippen LogP contribution in [0.5, 0.6) is 17.2 Å². The Bertz CT molecular complexity index is 1310. The number of hydrogen-bond acceptors (Lipinski definition) is 7. The SMILES string of the molecule is COc1ccc(C(=O)N/C(=C/c2cc(OC)c(OC)cc2[N+](=O)[O-])C(=O)Nc2ccc(Br)cc2)cc1. The number of anilines is 1. The van der Waals surface area contributed by atoms with E-state index in [0.29, 0.717) is 11.4 Å². The van der Waals surface area contributed by atoms with Crippen LogP contribution in [0.25, 0.3) is 6.08 Å². The van der Waals surface area contributed by atoms with Crippen molar-refractivity contribution in [2.75, 3.05) is 26.6 Å². The van der Waals surface area contributed by atoms with Gasteiger partial charge in [-0.2, -0.15) is 0 Å². The van der Waals surface area contributed by atoms with Crippen LogP contribution in [0.15, 0.2) is 70.8 Å². The summed E-state index contributed by atoms with van der Waals surface area (Å²) in [5.41, 5.74) is 0.151. The number of carbonyl (C=O) groups excluding carboxylic acids is 2. The molecule has 2 N–H and O–H groups in total. The van der Waals surface area contributed by atoms with Crippen LogP contribution < -0.4 is 24.8 Å². The second-order valence-electron chi connectivity index (χ2n) is 7.22. The number of ether oxygens (including phenoxy) is 3. The van der Waals surface area contributed by atoms with Gasteiger partial charge in [-0.3, -0.25) is 19.7 Å². The summed E-state index contributed by atoms with van der Waals surface area (Å²) >= 11 is 3.32. The first-order chi connectivity index (χ1) is 17.2. The highest BCUT2D eigenvalue weighted by atomic mass is 79.9. The average Bonchev–Trinajstić information content (AvgIpc) is 2.89. The molecule has 0 unspecified atom stereocenters. The largest absolute Gasteiger partial charge is 0.497 e. The van der Waals surface area contributed by atoms with Gasteiger partial charge in [0.2, 0.25) is 0 Å². The van der Waals surface area contributed by atoms with Crippen LogP contribution >= 0.6 is 15.9 Å². The van der Waals surface area contributed by atoms with Crippen molar-refractivity contribution in [3.63, 3.8) is 0 Å². The van der Waals surface area contributed by atoms with E-state index in [2.05, 4.69) is 26.6 Å². The van der Waals surface area contributed by atoms with Crippen molar-refractivity contribution in [1.82, 2.24) is 5.32 Å². The number of amides is 2. The van der Waals surface area contributed by atoms with E-state index in [4.69, 9.17) is 14.2 Å². The van der Waals surface area contributed by atoms with Crippen molar-refractivity contribution >= 4 is 45.2 Å². The summed E-state index contributed by atoms with van der Waals surface area (Å²) in [7, 11) is 4.23. The lowest BCUT2D eigenvalue weighted by Crippen LogP contribution is -2.30. The summed E-state index contributed by atoms with van der Waals surface area (Å²) in [6.07, 6.45) is 1.20. The topological polar surface area (TPSA) is 129 Å². The Morgan fingerprint density at radius 1 is 0.917 bits per heavy atom. The fourth-order valence-corrected chi connectivity index (χ4v) is 3.40. The van der Waals surface area contributed by atoms with E-state index in [1.807, 2.05) is 0 Å². The van der Waals surface area contributed by atoms with E-state index in [-0.39, 0.29) is 34.0 Å². The van der Waals surface area contributed by atoms with Gasteiger partial charge in [0, 0.05) is 15.7 Å². The molecule has 0 bridgehead atoms. The predicted octanol–water partition coefficient (Wildman–Crippen LogP) is 4.79. The Morgan fingerprint density at radius 3 is 2.08 bits per heavy atom. The normalized spacial score (nSPS) is 10.8. The average molecular weight is 556 g/mol. The van der Waals surface area contributed by atoms with Crippen molar-refractivity contribution in [1.29, 1.82) is 0 Å². The molecule has 0 heterocycles. The molecule has 0 aliphatic heterocycles. The molecule has 3 rings (SSSR count). The zero-order chi connectivity index (χ0) is 26.2. The summed E-state index contributed by atoms with van der Waals surface area (Å²) < 4.78 is 16.3. The minimum atomic E-state index is -0.691. The van der Waals surface area contributed by atoms with Crippen LogP contribution in [-0.2, 0) is 4.79 Å². The lowest BCUT2D eigenvalue weighted by Gasteiger charge is -2.13. The lowest BCUT2D eigenvalue weighted by atomic mass is 10.1. The zero-order valence-electron chi connectivity index (χ0n) is 19.5. The van der Waals surface area contributed by atoms with Crippen LogP contribution in [0.4, 0.5) is 11.4 Å². The maximum atomic E-state index is 13.2. The maximum absolute atomic E-state index is 13.2. The van der Waals surface area contributed by atoms with Gasteiger partial charge >= 0.3 is 0 Å². The molecule has 3 aromatic carbocycles. The fraction of sp³-hybridized carbons (Fsp3) is 0.120. The molecule has 2 amide bonds. The molecule has 36 heavy (non-hydrogen) atoms. The number of methoxy groups -OCH3 is 3. The highest BCUT2D eigenvalue weighted by Gasteiger charge is 2.22. The van der Waals surface area contributed by atoms with Crippen LogP contribution in [0, 0.1) is 10.1 Å². The molecule has 0 saturated carbocycles. The number of benzene rings is 3. The van der Waals surface area contributed by atoms with Crippen molar-refractivity contribution in [2.45, 2.75) is 0 Å². The molecule has 0 spiro atoms. The van der Waals surface area contributed by atoms with Gasteiger partial charge in [0.15, 0.2) is 11.5 Å². The number of halogens is 1. The van der Waals surface area contributed by atoms with Gasteiger partial charge < -0.3 is 24.8 Å². The fourth-order valence-electron chi connectivity index (χ4n) is 3.14. The van der Waals surface area contributed by atoms with Gasteiger partial charge in [0.05, 0.1) is 37.9 Å². The van der Waals surface area contributed by atoms with Gasteiger partial charge in [-0.05, 0) is 60.7 Å². The molecule has 0 fully saturated rings. The van der Waals surface area contributed by atoms with Gasteiger partial charge in [-0.1, -0.05) is 15.9 Å². The Morgan fingerprint density at radius 2 is 1.53 bits per heavy atom. The Kier molecular flexibility index (Phi) is 8.63. The third kappa shape index (κ3) is 6.39. The number of hydrogen-bond donors (Lipinski definition) is 2. The Balaban J connectivity index is 2.05. The van der Waals surface area contributed by atoms with E-state index in [0.717, 1.165) is 4.47 Å². The summed E-state index contributed by atoms with van der Waals surface area (Å²) in [6, 6.07) is 15.5. The second-order valence-corrected chi connectivity index (χ2v) is 8.14. The van der Waals surface area contributed by atoms with Crippen LogP contribution in [0.1, 0.15) is 15.9 Å². The Hall–Kier alpha value is -4.38. The van der Waals surface area contributed by atoms with Gasteiger partial charge in [-0.15, -0.1) is 0 Å². The molecule has 0 radical (unpaired) electrons. The van der Waals surface area contributed by atoms with Gasteiger partial charge in [0.25, 0.3) is 17.5 Å². The number of carbonyl (C=O) groups is 2. The lowest BCUT2D eigenvalue weighted by molar-refractivity contribution is -0.385. The molecular formula is C25H22BrN3O7. The molecule has 11 heteroatoms. The smallest absolute Gasteiger partial charge is 0.280 e. The molecule has 0 aliphatic carbocycles. The number of nitrogens with zero attached hydrogens (tertiary/aromatic N) is 1. The number of nitro benzene ring substituents is 1. The predicted molar refractivity (Wildman–Crippen MR) is 137 cm³/mol. The molecule has 0 aromatic heterocycles. The minimum absolute atomic E-state index is 0.0219. The highest BCUT2D eigenvalue weighted by molar-refractivity contribution is 9.10. The summed E-state index contributed by atoms with van der Waals surface area (Å²) in [5, 5.41) is 17.0. The van der Waals surface area contributed by atoms with E-state index in [1.165, 1.54) is 51.7 Å². The van der Waals surface area contributed by atoms with E-state index >= 15 is 0 Å². The Labute approximate surface area is 215 Å². The van der Waals surface area contributed by atoms with Crippen LogP contribution in [-0.4, -0.2) is 38.1 Å². The highest BCUT2D eigenvalue weighted by Crippen LogP contribution is 2.35. The zero-order valence-corrected chi connectivity index (χ0v) is 21.1.